The largest absolute Gasteiger partial charge is 0.390 e. The molecule has 0 spiro atoms. The zero-order valence-electron chi connectivity index (χ0n) is 12.5. The SMILES string of the molecule is CC1CN(CC(O)CN(C)C(C)CC#N)CC(C)O1. The van der Waals surface area contributed by atoms with E-state index >= 15 is 0 Å². The average Bonchev–Trinajstić information content (AvgIpc) is 2.27. The molecule has 0 bridgehead atoms. The Morgan fingerprint density at radius 3 is 2.53 bits per heavy atom. The van der Waals surface area contributed by atoms with Crippen molar-refractivity contribution in [2.24, 2.45) is 0 Å². The van der Waals surface area contributed by atoms with Crippen LogP contribution in [0.1, 0.15) is 27.2 Å². The lowest BCUT2D eigenvalue weighted by Gasteiger charge is -2.37. The fourth-order valence-electron chi connectivity index (χ4n) is 2.59. The molecule has 4 atom stereocenters. The molecule has 1 N–H and O–H groups in total. The van der Waals surface area contributed by atoms with E-state index in [0.29, 0.717) is 19.5 Å². The maximum Gasteiger partial charge on any atom is 0.0793 e. The van der Waals surface area contributed by atoms with Crippen molar-refractivity contribution in [3.8, 4) is 6.07 Å². The molecule has 5 nitrogen and oxygen atoms in total. The Morgan fingerprint density at radius 1 is 1.42 bits per heavy atom. The van der Waals surface area contributed by atoms with Crippen LogP contribution in [0.3, 0.4) is 0 Å². The number of nitrogens with zero attached hydrogens (tertiary/aromatic N) is 3. The van der Waals surface area contributed by atoms with Crippen LogP contribution in [0.15, 0.2) is 0 Å². The molecule has 0 amide bonds. The highest BCUT2D eigenvalue weighted by Crippen LogP contribution is 2.11. The van der Waals surface area contributed by atoms with Crippen LogP contribution in [0.2, 0.25) is 0 Å². The van der Waals surface area contributed by atoms with E-state index in [0.717, 1.165) is 13.1 Å². The van der Waals surface area contributed by atoms with Gasteiger partial charge in [-0.25, -0.2) is 0 Å². The number of likely N-dealkylation sites (N-methyl/N-ethyl adjacent to an activating group) is 1. The first-order chi connectivity index (χ1) is 8.92. The summed E-state index contributed by atoms with van der Waals surface area (Å²) in [5.74, 6) is 0. The van der Waals surface area contributed by atoms with Crippen molar-refractivity contribution in [3.05, 3.63) is 0 Å². The lowest BCUT2D eigenvalue weighted by atomic mass is 10.2. The summed E-state index contributed by atoms with van der Waals surface area (Å²) < 4.78 is 5.68. The minimum atomic E-state index is -0.386. The van der Waals surface area contributed by atoms with Gasteiger partial charge in [0.05, 0.1) is 30.8 Å². The zero-order valence-corrected chi connectivity index (χ0v) is 12.5. The summed E-state index contributed by atoms with van der Waals surface area (Å²) in [6.07, 6.45) is 0.565. The highest BCUT2D eigenvalue weighted by atomic mass is 16.5. The molecule has 0 saturated carbocycles. The molecule has 5 heteroatoms. The Balaban J connectivity index is 2.34. The van der Waals surface area contributed by atoms with Gasteiger partial charge in [0, 0.05) is 32.2 Å². The maximum absolute atomic E-state index is 10.2. The molecule has 4 unspecified atom stereocenters. The summed E-state index contributed by atoms with van der Waals surface area (Å²) in [4.78, 5) is 4.30. The molecule has 110 valence electrons. The predicted molar refractivity (Wildman–Crippen MR) is 74.8 cm³/mol. The van der Waals surface area contributed by atoms with Crippen LogP contribution in [0.4, 0.5) is 0 Å². The number of nitriles is 1. The lowest BCUT2D eigenvalue weighted by Crippen LogP contribution is -2.50. The first kappa shape index (κ1) is 16.4. The van der Waals surface area contributed by atoms with Crippen LogP contribution in [0.5, 0.6) is 0 Å². The van der Waals surface area contributed by atoms with Crippen LogP contribution in [-0.4, -0.2) is 72.5 Å². The van der Waals surface area contributed by atoms with Crippen LogP contribution in [0, 0.1) is 11.3 Å². The number of β-amino-alcohol motifs (C(OH)–C–C–N with tert-alkyl or cyclic N) is 1. The summed E-state index contributed by atoms with van der Waals surface area (Å²) in [5, 5.41) is 18.8. The van der Waals surface area contributed by atoms with Crippen molar-refractivity contribution in [2.45, 2.75) is 51.5 Å². The summed E-state index contributed by atoms with van der Waals surface area (Å²) in [6.45, 7) is 9.16. The molecule has 1 rings (SSSR count). The Labute approximate surface area is 116 Å². The van der Waals surface area contributed by atoms with Gasteiger partial charge in [-0.2, -0.15) is 5.26 Å². The predicted octanol–water partition coefficient (Wildman–Crippen LogP) is 0.690. The Hall–Kier alpha value is -0.670. The summed E-state index contributed by atoms with van der Waals surface area (Å²) in [5.41, 5.74) is 0. The third-order valence-electron chi connectivity index (χ3n) is 3.60. The van der Waals surface area contributed by atoms with Gasteiger partial charge in [-0.3, -0.25) is 4.90 Å². The molecule has 0 aromatic carbocycles. The van der Waals surface area contributed by atoms with Gasteiger partial charge in [0.15, 0.2) is 0 Å². The molecule has 1 fully saturated rings. The van der Waals surface area contributed by atoms with Crippen LogP contribution < -0.4 is 0 Å². The van der Waals surface area contributed by atoms with E-state index in [4.69, 9.17) is 10.00 Å². The minimum Gasteiger partial charge on any atom is -0.390 e. The molecule has 1 aliphatic heterocycles. The number of ether oxygens (including phenoxy) is 1. The number of aliphatic hydroxyl groups excluding tert-OH is 1. The summed E-state index contributed by atoms with van der Waals surface area (Å²) in [6, 6.07) is 2.35. The van der Waals surface area contributed by atoms with Crippen molar-refractivity contribution in [1.29, 1.82) is 5.26 Å². The maximum atomic E-state index is 10.2. The smallest absolute Gasteiger partial charge is 0.0793 e. The normalized spacial score (nSPS) is 28.1. The number of aliphatic hydroxyl groups is 1. The number of morpholine rings is 1. The van der Waals surface area contributed by atoms with E-state index in [1.54, 1.807) is 0 Å². The Morgan fingerprint density at radius 2 is 2.00 bits per heavy atom. The molecule has 1 heterocycles. The van der Waals surface area contributed by atoms with Crippen molar-refractivity contribution in [3.63, 3.8) is 0 Å². The first-order valence-electron chi connectivity index (χ1n) is 7.05. The molecular formula is C14H27N3O2. The third-order valence-corrected chi connectivity index (χ3v) is 3.60. The zero-order chi connectivity index (χ0) is 14.4. The monoisotopic (exact) mass is 269 g/mol. The Kier molecular flexibility index (Phi) is 6.73. The highest BCUT2D eigenvalue weighted by molar-refractivity contribution is 4.81. The number of rotatable bonds is 6. The minimum absolute atomic E-state index is 0.183. The molecule has 0 radical (unpaired) electrons. The second-order valence-electron chi connectivity index (χ2n) is 5.78. The Bertz CT molecular complexity index is 296. The molecule has 19 heavy (non-hydrogen) atoms. The van der Waals surface area contributed by atoms with Gasteiger partial charge in [-0.15, -0.1) is 0 Å². The topological polar surface area (TPSA) is 59.7 Å². The third kappa shape index (κ3) is 5.87. The first-order valence-corrected chi connectivity index (χ1v) is 7.05. The standard InChI is InChI=1S/C14H27N3O2/c1-11(5-6-15)16(4)9-14(18)10-17-7-12(2)19-13(3)8-17/h11-14,18H,5,7-10H2,1-4H3. The van der Waals surface area contributed by atoms with E-state index in [9.17, 15) is 5.11 Å². The molecule has 0 aromatic rings. The van der Waals surface area contributed by atoms with Crippen molar-refractivity contribution in [1.82, 2.24) is 9.80 Å². The van der Waals surface area contributed by atoms with Crippen LogP contribution >= 0.6 is 0 Å². The van der Waals surface area contributed by atoms with Gasteiger partial charge in [0.2, 0.25) is 0 Å². The van der Waals surface area contributed by atoms with E-state index in [-0.39, 0.29) is 24.4 Å². The summed E-state index contributed by atoms with van der Waals surface area (Å²) in [7, 11) is 1.95. The van der Waals surface area contributed by atoms with Gasteiger partial charge in [0.1, 0.15) is 0 Å². The quantitative estimate of drug-likeness (QED) is 0.769. The lowest BCUT2D eigenvalue weighted by molar-refractivity contribution is -0.0780. The second kappa shape index (κ2) is 7.81. The number of hydrogen-bond acceptors (Lipinski definition) is 5. The van der Waals surface area contributed by atoms with Gasteiger partial charge in [0.25, 0.3) is 0 Å². The molecule has 0 aromatic heterocycles. The highest BCUT2D eigenvalue weighted by Gasteiger charge is 2.24. The molecular weight excluding hydrogens is 242 g/mol. The van der Waals surface area contributed by atoms with Gasteiger partial charge in [-0.1, -0.05) is 0 Å². The van der Waals surface area contributed by atoms with Crippen molar-refractivity contribution in [2.75, 3.05) is 33.2 Å². The fourth-order valence-corrected chi connectivity index (χ4v) is 2.59. The van der Waals surface area contributed by atoms with Crippen molar-refractivity contribution >= 4 is 0 Å². The fraction of sp³-hybridized carbons (Fsp3) is 0.929. The van der Waals surface area contributed by atoms with Crippen LogP contribution in [-0.2, 0) is 4.74 Å². The average molecular weight is 269 g/mol. The van der Waals surface area contributed by atoms with E-state index < -0.39 is 0 Å². The second-order valence-corrected chi connectivity index (χ2v) is 5.78. The van der Waals surface area contributed by atoms with Crippen LogP contribution in [0.25, 0.3) is 0 Å². The van der Waals surface area contributed by atoms with Crippen molar-refractivity contribution < 1.29 is 9.84 Å². The molecule has 1 aliphatic rings. The summed E-state index contributed by atoms with van der Waals surface area (Å²) >= 11 is 0. The molecule has 1 saturated heterocycles. The molecule has 0 aliphatic carbocycles. The van der Waals surface area contributed by atoms with E-state index in [1.807, 2.05) is 18.9 Å². The van der Waals surface area contributed by atoms with E-state index in [1.165, 1.54) is 0 Å². The van der Waals surface area contributed by atoms with E-state index in [2.05, 4.69) is 24.8 Å². The van der Waals surface area contributed by atoms with Gasteiger partial charge in [-0.05, 0) is 27.8 Å². The number of hydrogen-bond donors (Lipinski definition) is 1. The van der Waals surface area contributed by atoms with Gasteiger partial charge < -0.3 is 14.7 Å². The van der Waals surface area contributed by atoms with Gasteiger partial charge >= 0.3 is 0 Å².